The number of carboxylic acids is 1. The molecule has 178 valence electrons. The molecule has 0 bridgehead atoms. The molecule has 2 aromatic carbocycles. The van der Waals surface area contributed by atoms with E-state index in [1.807, 2.05) is 5.01 Å². The van der Waals surface area contributed by atoms with E-state index in [-0.39, 0.29) is 22.9 Å². The molecular weight excluding hydrogens is 479 g/mol. The molecule has 2 heterocycles. The number of rotatable bonds is 6. The minimum absolute atomic E-state index is 0.0682. The number of piperidine rings is 1. The fraction of sp³-hybridized carbons (Fsp3) is 0.292. The standard InChI is InChI=1S/C24H24Cl2N4O4/c1-14-21(23(31)28-29-10-4-3-5-11-29)27-30(22(14)17-8-7-16(25)13-18(17)26)19-9-6-15(24(32)33)12-20(19)34-2/h6-9,12-13H,3-5,10-11H2,1-2H3,(H,28,31)(H,32,33). The van der Waals surface area contributed by atoms with Crippen molar-refractivity contribution >= 4 is 35.1 Å². The average Bonchev–Trinajstić information content (AvgIpc) is 3.16. The summed E-state index contributed by atoms with van der Waals surface area (Å²) in [4.78, 5) is 24.7. The highest BCUT2D eigenvalue weighted by atomic mass is 35.5. The van der Waals surface area contributed by atoms with Gasteiger partial charge in [0.2, 0.25) is 0 Å². The second-order valence-electron chi connectivity index (χ2n) is 8.04. The molecule has 1 aliphatic rings. The van der Waals surface area contributed by atoms with Gasteiger partial charge in [-0.3, -0.25) is 10.2 Å². The Balaban J connectivity index is 1.87. The number of hydrogen-bond donors (Lipinski definition) is 2. The first kappa shape index (κ1) is 24.1. The molecule has 10 heteroatoms. The number of hydrogen-bond acceptors (Lipinski definition) is 5. The van der Waals surface area contributed by atoms with Gasteiger partial charge in [-0.1, -0.05) is 29.6 Å². The molecule has 34 heavy (non-hydrogen) atoms. The van der Waals surface area contributed by atoms with E-state index in [9.17, 15) is 14.7 Å². The van der Waals surface area contributed by atoms with Gasteiger partial charge in [-0.15, -0.1) is 0 Å². The lowest BCUT2D eigenvalue weighted by Gasteiger charge is -2.26. The highest BCUT2D eigenvalue weighted by Crippen LogP contribution is 2.37. The number of nitrogens with one attached hydrogen (secondary N) is 1. The van der Waals surface area contributed by atoms with Gasteiger partial charge in [-0.2, -0.15) is 5.10 Å². The maximum atomic E-state index is 13.2. The number of ether oxygens (including phenoxy) is 1. The third-order valence-corrected chi connectivity index (χ3v) is 6.34. The average molecular weight is 503 g/mol. The number of carboxylic acid groups (broad SMARTS) is 1. The molecule has 0 unspecified atom stereocenters. The predicted molar refractivity (Wildman–Crippen MR) is 130 cm³/mol. The van der Waals surface area contributed by atoms with E-state index in [1.165, 1.54) is 19.2 Å². The van der Waals surface area contributed by atoms with Crippen LogP contribution in [-0.4, -0.2) is 52.0 Å². The second-order valence-corrected chi connectivity index (χ2v) is 8.88. The van der Waals surface area contributed by atoms with Gasteiger partial charge in [-0.25, -0.2) is 14.5 Å². The second kappa shape index (κ2) is 10.0. The normalized spacial score (nSPS) is 14.1. The van der Waals surface area contributed by atoms with E-state index in [4.69, 9.17) is 27.9 Å². The van der Waals surface area contributed by atoms with Crippen LogP contribution in [0.2, 0.25) is 10.0 Å². The maximum absolute atomic E-state index is 13.2. The molecule has 0 saturated carbocycles. The van der Waals surface area contributed by atoms with Crippen molar-refractivity contribution in [2.24, 2.45) is 0 Å². The van der Waals surface area contributed by atoms with Crippen LogP contribution in [0.15, 0.2) is 36.4 Å². The van der Waals surface area contributed by atoms with Crippen LogP contribution in [0.5, 0.6) is 5.75 Å². The van der Waals surface area contributed by atoms with E-state index >= 15 is 0 Å². The van der Waals surface area contributed by atoms with Crippen molar-refractivity contribution in [2.75, 3.05) is 20.2 Å². The lowest BCUT2D eigenvalue weighted by atomic mass is 10.1. The van der Waals surface area contributed by atoms with E-state index in [2.05, 4.69) is 10.5 Å². The third-order valence-electron chi connectivity index (χ3n) is 5.79. The van der Waals surface area contributed by atoms with Crippen molar-refractivity contribution in [3.63, 3.8) is 0 Å². The molecule has 3 aromatic rings. The number of methoxy groups -OCH3 is 1. The first-order valence-electron chi connectivity index (χ1n) is 10.8. The molecule has 8 nitrogen and oxygen atoms in total. The van der Waals surface area contributed by atoms with Crippen molar-refractivity contribution < 1.29 is 19.4 Å². The third kappa shape index (κ3) is 4.75. The number of hydrazine groups is 1. The monoisotopic (exact) mass is 502 g/mol. The van der Waals surface area contributed by atoms with E-state index in [0.717, 1.165) is 32.4 Å². The van der Waals surface area contributed by atoms with Crippen LogP contribution in [0, 0.1) is 6.92 Å². The molecular formula is C24H24Cl2N4O4. The Labute approximate surface area is 207 Å². The van der Waals surface area contributed by atoms with Gasteiger partial charge in [0.15, 0.2) is 5.69 Å². The van der Waals surface area contributed by atoms with Crippen LogP contribution >= 0.6 is 23.2 Å². The Morgan fingerprint density at radius 1 is 1.09 bits per heavy atom. The molecule has 0 spiro atoms. The Bertz CT molecular complexity index is 1250. The highest BCUT2D eigenvalue weighted by molar-refractivity contribution is 6.36. The van der Waals surface area contributed by atoms with Gasteiger partial charge in [0.25, 0.3) is 5.91 Å². The van der Waals surface area contributed by atoms with Crippen molar-refractivity contribution in [2.45, 2.75) is 26.2 Å². The zero-order chi connectivity index (χ0) is 24.4. The van der Waals surface area contributed by atoms with Crippen molar-refractivity contribution in [1.82, 2.24) is 20.2 Å². The number of carbonyl (C=O) groups is 2. The number of amides is 1. The molecule has 1 fully saturated rings. The lowest BCUT2D eigenvalue weighted by Crippen LogP contribution is -2.45. The summed E-state index contributed by atoms with van der Waals surface area (Å²) in [5, 5.41) is 16.8. The molecule has 1 aliphatic heterocycles. The summed E-state index contributed by atoms with van der Waals surface area (Å²) in [6.45, 7) is 3.37. The number of aromatic carboxylic acids is 1. The minimum Gasteiger partial charge on any atom is -0.494 e. The molecule has 2 N–H and O–H groups in total. The molecule has 1 saturated heterocycles. The summed E-state index contributed by atoms with van der Waals surface area (Å²) in [6, 6.07) is 9.54. The van der Waals surface area contributed by atoms with Crippen molar-refractivity contribution in [3.8, 4) is 22.7 Å². The highest BCUT2D eigenvalue weighted by Gasteiger charge is 2.26. The molecule has 0 atom stereocenters. The fourth-order valence-corrected chi connectivity index (χ4v) is 4.57. The number of benzene rings is 2. The summed E-state index contributed by atoms with van der Waals surface area (Å²) < 4.78 is 7.03. The van der Waals surface area contributed by atoms with E-state index in [0.29, 0.717) is 32.6 Å². The van der Waals surface area contributed by atoms with Gasteiger partial charge < -0.3 is 9.84 Å². The summed E-state index contributed by atoms with van der Waals surface area (Å²) in [5.74, 6) is -1.12. The summed E-state index contributed by atoms with van der Waals surface area (Å²) in [7, 11) is 1.44. The smallest absolute Gasteiger partial charge is 0.335 e. The predicted octanol–water partition coefficient (Wildman–Crippen LogP) is 4.99. The molecule has 0 radical (unpaired) electrons. The summed E-state index contributed by atoms with van der Waals surface area (Å²) in [5.41, 5.74) is 5.53. The zero-order valence-electron chi connectivity index (χ0n) is 18.8. The number of halogens is 2. The zero-order valence-corrected chi connectivity index (χ0v) is 20.3. The van der Waals surface area contributed by atoms with Crippen LogP contribution in [0.4, 0.5) is 0 Å². The summed E-state index contributed by atoms with van der Waals surface area (Å²) in [6.07, 6.45) is 3.18. The van der Waals surface area contributed by atoms with Gasteiger partial charge in [-0.05, 0) is 56.2 Å². The Morgan fingerprint density at radius 2 is 1.82 bits per heavy atom. The lowest BCUT2D eigenvalue weighted by molar-refractivity contribution is 0.0695. The van der Waals surface area contributed by atoms with E-state index < -0.39 is 5.97 Å². The van der Waals surface area contributed by atoms with Gasteiger partial charge in [0.1, 0.15) is 11.4 Å². The maximum Gasteiger partial charge on any atom is 0.335 e. The van der Waals surface area contributed by atoms with Crippen LogP contribution < -0.4 is 10.2 Å². The largest absolute Gasteiger partial charge is 0.494 e. The number of aromatic nitrogens is 2. The SMILES string of the molecule is COc1cc(C(=O)O)ccc1-n1nc(C(=O)NN2CCCCC2)c(C)c1-c1ccc(Cl)cc1Cl. The minimum atomic E-state index is -1.08. The molecule has 1 aromatic heterocycles. The fourth-order valence-electron chi connectivity index (χ4n) is 4.07. The van der Waals surface area contributed by atoms with Gasteiger partial charge in [0, 0.05) is 29.2 Å². The molecule has 1 amide bonds. The number of carbonyl (C=O) groups excluding carboxylic acids is 1. The first-order valence-corrected chi connectivity index (χ1v) is 11.6. The van der Waals surface area contributed by atoms with Crippen molar-refractivity contribution in [3.05, 3.63) is 63.3 Å². The Hall–Kier alpha value is -3.07. The summed E-state index contributed by atoms with van der Waals surface area (Å²) >= 11 is 12.6. The van der Waals surface area contributed by atoms with Crippen LogP contribution in [0.1, 0.15) is 45.7 Å². The topological polar surface area (TPSA) is 96.7 Å². The van der Waals surface area contributed by atoms with Crippen LogP contribution in [-0.2, 0) is 0 Å². The molecule has 0 aliphatic carbocycles. The Morgan fingerprint density at radius 3 is 2.47 bits per heavy atom. The van der Waals surface area contributed by atoms with Crippen LogP contribution in [0.25, 0.3) is 16.9 Å². The number of nitrogens with zero attached hydrogens (tertiary/aromatic N) is 3. The van der Waals surface area contributed by atoms with Crippen molar-refractivity contribution in [1.29, 1.82) is 0 Å². The molecule has 4 rings (SSSR count). The van der Waals surface area contributed by atoms with Gasteiger partial charge >= 0.3 is 5.97 Å². The Kier molecular flexibility index (Phi) is 7.11. The van der Waals surface area contributed by atoms with E-state index in [1.54, 1.807) is 35.9 Å². The van der Waals surface area contributed by atoms with Gasteiger partial charge in [0.05, 0.1) is 23.4 Å². The van der Waals surface area contributed by atoms with Crippen LogP contribution in [0.3, 0.4) is 0 Å². The quantitative estimate of drug-likeness (QED) is 0.492. The first-order chi connectivity index (χ1) is 16.3.